The van der Waals surface area contributed by atoms with Gasteiger partial charge < -0.3 is 5.11 Å². The first-order valence-electron chi connectivity index (χ1n) is 7.26. The molecule has 0 aliphatic heterocycles. The van der Waals surface area contributed by atoms with Crippen molar-refractivity contribution in [1.29, 1.82) is 0 Å². The molecule has 1 heterocycles. The first-order valence-corrected chi connectivity index (χ1v) is 9.12. The van der Waals surface area contributed by atoms with Gasteiger partial charge in [0.1, 0.15) is 5.75 Å². The summed E-state index contributed by atoms with van der Waals surface area (Å²) in [7, 11) is -3.81. The third kappa shape index (κ3) is 3.72. The molecule has 0 atom stereocenters. The van der Waals surface area contributed by atoms with E-state index >= 15 is 0 Å². The minimum absolute atomic E-state index is 0.0945. The fraction of sp³-hybridized carbons (Fsp3) is 0.0588. The number of phenols is 1. The minimum atomic E-state index is -3.81. The Bertz CT molecular complexity index is 1020. The number of hydrogen-bond donors (Lipinski definition) is 2. The molecule has 8 heteroatoms. The highest BCUT2D eigenvalue weighted by atomic mass is 35.5. The molecule has 3 rings (SSSR count). The van der Waals surface area contributed by atoms with E-state index in [1.807, 2.05) is 0 Å². The van der Waals surface area contributed by atoms with Crippen LogP contribution in [0.2, 0.25) is 5.02 Å². The zero-order valence-electron chi connectivity index (χ0n) is 13.1. The fourth-order valence-corrected chi connectivity index (χ4v) is 3.79. The van der Waals surface area contributed by atoms with Crippen LogP contribution in [0.1, 0.15) is 5.56 Å². The second-order valence-corrected chi connectivity index (χ2v) is 7.37. The predicted octanol–water partition coefficient (Wildman–Crippen LogP) is 3.61. The molecule has 0 aliphatic carbocycles. The number of halogens is 1. The van der Waals surface area contributed by atoms with Gasteiger partial charge in [-0.05, 0) is 36.8 Å². The van der Waals surface area contributed by atoms with E-state index < -0.39 is 10.0 Å². The fourth-order valence-electron chi connectivity index (χ4n) is 2.26. The minimum Gasteiger partial charge on any atom is -0.508 e. The summed E-state index contributed by atoms with van der Waals surface area (Å²) in [4.78, 5) is 8.36. The summed E-state index contributed by atoms with van der Waals surface area (Å²) in [5, 5.41) is 9.87. The summed E-state index contributed by atoms with van der Waals surface area (Å²) in [6.07, 6.45) is 2.73. The maximum absolute atomic E-state index is 12.5. The van der Waals surface area contributed by atoms with Gasteiger partial charge in [-0.1, -0.05) is 29.8 Å². The molecule has 0 spiro atoms. The molecule has 0 bridgehead atoms. The van der Waals surface area contributed by atoms with Crippen LogP contribution in [0.5, 0.6) is 5.75 Å². The Labute approximate surface area is 150 Å². The number of aromatic nitrogens is 2. The van der Waals surface area contributed by atoms with Gasteiger partial charge in [0.05, 0.1) is 23.0 Å². The Kier molecular flexibility index (Phi) is 4.61. The van der Waals surface area contributed by atoms with Crippen LogP contribution in [-0.4, -0.2) is 23.5 Å². The van der Waals surface area contributed by atoms with E-state index in [0.29, 0.717) is 22.0 Å². The summed E-state index contributed by atoms with van der Waals surface area (Å²) < 4.78 is 27.5. The average Bonchev–Trinajstić information content (AvgIpc) is 2.57. The normalized spacial score (nSPS) is 11.3. The SMILES string of the molecule is Cc1c(Cl)cccc1S(=O)(=O)Nc1cnc(-c2cccc(O)c2)nc1. The Morgan fingerprint density at radius 2 is 1.76 bits per heavy atom. The van der Waals surface area contributed by atoms with Gasteiger partial charge in [0.2, 0.25) is 0 Å². The molecule has 0 aliphatic rings. The van der Waals surface area contributed by atoms with Crippen molar-refractivity contribution in [3.8, 4) is 17.1 Å². The number of rotatable bonds is 4. The van der Waals surface area contributed by atoms with E-state index in [0.717, 1.165) is 0 Å². The third-order valence-corrected chi connectivity index (χ3v) is 5.45. The van der Waals surface area contributed by atoms with Crippen molar-refractivity contribution in [2.45, 2.75) is 11.8 Å². The van der Waals surface area contributed by atoms with Crippen molar-refractivity contribution in [3.05, 3.63) is 65.4 Å². The number of hydrogen-bond acceptors (Lipinski definition) is 5. The molecule has 0 saturated heterocycles. The van der Waals surface area contributed by atoms with Crippen LogP contribution in [0, 0.1) is 6.92 Å². The highest BCUT2D eigenvalue weighted by Gasteiger charge is 2.18. The quantitative estimate of drug-likeness (QED) is 0.726. The summed E-state index contributed by atoms with van der Waals surface area (Å²) in [6, 6.07) is 11.2. The molecule has 2 aromatic carbocycles. The van der Waals surface area contributed by atoms with Crippen molar-refractivity contribution in [1.82, 2.24) is 9.97 Å². The molecule has 0 unspecified atom stereocenters. The molecule has 0 saturated carbocycles. The van der Waals surface area contributed by atoms with Gasteiger partial charge in [-0.25, -0.2) is 18.4 Å². The summed E-state index contributed by atoms with van der Waals surface area (Å²) >= 11 is 5.99. The average molecular weight is 376 g/mol. The standard InChI is InChI=1S/C17H14ClN3O3S/c1-11-15(18)6-3-7-16(11)25(23,24)21-13-9-19-17(20-10-13)12-4-2-5-14(22)8-12/h2-10,21-22H,1H3. The number of nitrogens with zero attached hydrogens (tertiary/aromatic N) is 2. The Hall–Kier alpha value is -2.64. The molecule has 3 aromatic rings. The molecule has 1 aromatic heterocycles. The lowest BCUT2D eigenvalue weighted by molar-refractivity contribution is 0.475. The second-order valence-electron chi connectivity index (χ2n) is 5.31. The molecule has 25 heavy (non-hydrogen) atoms. The van der Waals surface area contributed by atoms with E-state index in [2.05, 4.69) is 14.7 Å². The monoisotopic (exact) mass is 375 g/mol. The van der Waals surface area contributed by atoms with E-state index in [4.69, 9.17) is 11.6 Å². The first kappa shape index (κ1) is 17.2. The lowest BCUT2D eigenvalue weighted by Crippen LogP contribution is -2.14. The number of benzene rings is 2. The first-order chi connectivity index (χ1) is 11.9. The van der Waals surface area contributed by atoms with Gasteiger partial charge in [-0.2, -0.15) is 0 Å². The van der Waals surface area contributed by atoms with Gasteiger partial charge in [-0.3, -0.25) is 4.72 Å². The van der Waals surface area contributed by atoms with Crippen LogP contribution >= 0.6 is 11.6 Å². The topological polar surface area (TPSA) is 92.2 Å². The van der Waals surface area contributed by atoms with Gasteiger partial charge in [-0.15, -0.1) is 0 Å². The highest BCUT2D eigenvalue weighted by Crippen LogP contribution is 2.25. The van der Waals surface area contributed by atoms with E-state index in [-0.39, 0.29) is 16.3 Å². The van der Waals surface area contributed by atoms with Gasteiger partial charge in [0.25, 0.3) is 10.0 Å². The molecule has 6 nitrogen and oxygen atoms in total. The van der Waals surface area contributed by atoms with Crippen molar-refractivity contribution in [2.24, 2.45) is 0 Å². The second kappa shape index (κ2) is 6.70. The smallest absolute Gasteiger partial charge is 0.262 e. The zero-order valence-corrected chi connectivity index (χ0v) is 14.7. The van der Waals surface area contributed by atoms with Crippen molar-refractivity contribution >= 4 is 27.3 Å². The number of phenolic OH excluding ortho intramolecular Hbond substituents is 1. The molecule has 2 N–H and O–H groups in total. The maximum atomic E-state index is 12.5. The lowest BCUT2D eigenvalue weighted by atomic mass is 10.2. The van der Waals surface area contributed by atoms with Gasteiger partial charge in [0, 0.05) is 10.6 Å². The van der Waals surface area contributed by atoms with Crippen LogP contribution in [0.4, 0.5) is 5.69 Å². The number of nitrogens with one attached hydrogen (secondary N) is 1. The van der Waals surface area contributed by atoms with E-state index in [1.165, 1.54) is 24.5 Å². The predicted molar refractivity (Wildman–Crippen MR) is 96.1 cm³/mol. The Morgan fingerprint density at radius 1 is 1.08 bits per heavy atom. The maximum Gasteiger partial charge on any atom is 0.262 e. The van der Waals surface area contributed by atoms with Gasteiger partial charge in [0.15, 0.2) is 5.82 Å². The number of anilines is 1. The molecular formula is C17H14ClN3O3S. The summed E-state index contributed by atoms with van der Waals surface area (Å²) in [6.45, 7) is 1.64. The summed E-state index contributed by atoms with van der Waals surface area (Å²) in [5.41, 5.74) is 1.32. The number of sulfonamides is 1. The molecule has 0 fully saturated rings. The third-order valence-electron chi connectivity index (χ3n) is 3.52. The van der Waals surface area contributed by atoms with Crippen LogP contribution < -0.4 is 4.72 Å². The Balaban J connectivity index is 1.87. The van der Waals surface area contributed by atoms with Gasteiger partial charge >= 0.3 is 0 Å². The Morgan fingerprint density at radius 3 is 2.44 bits per heavy atom. The van der Waals surface area contributed by atoms with Crippen LogP contribution in [-0.2, 0) is 10.0 Å². The zero-order chi connectivity index (χ0) is 18.0. The molecular weight excluding hydrogens is 362 g/mol. The van der Waals surface area contributed by atoms with Crippen molar-refractivity contribution in [3.63, 3.8) is 0 Å². The number of aromatic hydroxyl groups is 1. The van der Waals surface area contributed by atoms with Crippen LogP contribution in [0.15, 0.2) is 59.8 Å². The lowest BCUT2D eigenvalue weighted by Gasteiger charge is -2.11. The van der Waals surface area contributed by atoms with Crippen molar-refractivity contribution < 1.29 is 13.5 Å². The summed E-state index contributed by atoms with van der Waals surface area (Å²) in [5.74, 6) is 0.472. The highest BCUT2D eigenvalue weighted by molar-refractivity contribution is 7.92. The largest absolute Gasteiger partial charge is 0.508 e. The molecule has 128 valence electrons. The van der Waals surface area contributed by atoms with Crippen molar-refractivity contribution in [2.75, 3.05) is 4.72 Å². The molecule has 0 amide bonds. The van der Waals surface area contributed by atoms with E-state index in [9.17, 15) is 13.5 Å². The van der Waals surface area contributed by atoms with E-state index in [1.54, 1.807) is 37.3 Å². The molecule has 0 radical (unpaired) electrons. The van der Waals surface area contributed by atoms with Crippen LogP contribution in [0.25, 0.3) is 11.4 Å². The van der Waals surface area contributed by atoms with Crippen LogP contribution in [0.3, 0.4) is 0 Å².